The van der Waals surface area contributed by atoms with Crippen molar-refractivity contribution < 1.29 is 9.53 Å². The third-order valence-electron chi connectivity index (χ3n) is 3.46. The number of rotatable bonds is 3. The second kappa shape index (κ2) is 4.88. The van der Waals surface area contributed by atoms with Gasteiger partial charge in [0.25, 0.3) is 0 Å². The molecule has 1 aromatic rings. The van der Waals surface area contributed by atoms with Crippen molar-refractivity contribution >= 4 is 5.78 Å². The van der Waals surface area contributed by atoms with Crippen molar-refractivity contribution in [2.24, 2.45) is 0 Å². The first-order chi connectivity index (χ1) is 8.11. The largest absolute Gasteiger partial charge is 0.497 e. The summed E-state index contributed by atoms with van der Waals surface area (Å²) in [5, 5.41) is 0. The molecule has 1 heterocycles. The molecule has 0 saturated heterocycles. The highest BCUT2D eigenvalue weighted by Gasteiger charge is 2.26. The summed E-state index contributed by atoms with van der Waals surface area (Å²) in [6.45, 7) is 2.67. The summed E-state index contributed by atoms with van der Waals surface area (Å²) in [5.74, 6) is 1.10. The van der Waals surface area contributed by atoms with Crippen LogP contribution in [-0.4, -0.2) is 31.4 Å². The lowest BCUT2D eigenvalue weighted by Gasteiger charge is -2.34. The van der Waals surface area contributed by atoms with Crippen LogP contribution in [0.1, 0.15) is 30.5 Å². The molecule has 3 heteroatoms. The topological polar surface area (TPSA) is 29.5 Å². The van der Waals surface area contributed by atoms with E-state index in [0.29, 0.717) is 6.42 Å². The smallest absolute Gasteiger partial charge is 0.131 e. The van der Waals surface area contributed by atoms with Crippen LogP contribution in [-0.2, 0) is 11.2 Å². The summed E-state index contributed by atoms with van der Waals surface area (Å²) >= 11 is 0. The summed E-state index contributed by atoms with van der Waals surface area (Å²) in [6.07, 6.45) is 1.63. The second-order valence-electron chi connectivity index (χ2n) is 4.72. The molecular weight excluding hydrogens is 214 g/mol. The Morgan fingerprint density at radius 2 is 2.29 bits per heavy atom. The molecule has 1 unspecified atom stereocenters. The van der Waals surface area contributed by atoms with E-state index < -0.39 is 0 Å². The van der Waals surface area contributed by atoms with Gasteiger partial charge in [0.05, 0.1) is 7.11 Å². The van der Waals surface area contributed by atoms with Crippen LogP contribution in [0.3, 0.4) is 0 Å². The Bertz CT molecular complexity index is 428. The maximum absolute atomic E-state index is 11.4. The summed E-state index contributed by atoms with van der Waals surface area (Å²) in [6, 6.07) is 6.38. The molecule has 0 N–H and O–H groups in total. The van der Waals surface area contributed by atoms with Gasteiger partial charge in [0.1, 0.15) is 11.5 Å². The fraction of sp³-hybridized carbons (Fsp3) is 0.500. The van der Waals surface area contributed by atoms with Crippen molar-refractivity contribution in [3.63, 3.8) is 0 Å². The van der Waals surface area contributed by atoms with E-state index in [-0.39, 0.29) is 11.8 Å². The normalized spacial score (nSPS) is 19.8. The molecule has 0 bridgehead atoms. The van der Waals surface area contributed by atoms with Gasteiger partial charge in [-0.1, -0.05) is 6.07 Å². The molecule has 0 saturated carbocycles. The minimum absolute atomic E-state index is 0.200. The summed E-state index contributed by atoms with van der Waals surface area (Å²) < 4.78 is 5.27. The molecule has 0 aliphatic carbocycles. The number of ether oxygens (including phenoxy) is 1. The van der Waals surface area contributed by atoms with Crippen molar-refractivity contribution in [2.45, 2.75) is 25.8 Å². The molecule has 1 aliphatic heterocycles. The Kier molecular flexibility index (Phi) is 3.48. The van der Waals surface area contributed by atoms with Crippen molar-refractivity contribution in [3.05, 3.63) is 29.3 Å². The van der Waals surface area contributed by atoms with E-state index in [1.54, 1.807) is 14.0 Å². The first-order valence-corrected chi connectivity index (χ1v) is 5.98. The maximum atomic E-state index is 11.4. The number of hydrogen-bond donors (Lipinski definition) is 0. The molecule has 1 aliphatic rings. The fourth-order valence-corrected chi connectivity index (χ4v) is 2.47. The van der Waals surface area contributed by atoms with Crippen LogP contribution < -0.4 is 4.74 Å². The van der Waals surface area contributed by atoms with E-state index in [2.05, 4.69) is 24.1 Å². The fourth-order valence-electron chi connectivity index (χ4n) is 2.47. The third kappa shape index (κ3) is 2.50. The van der Waals surface area contributed by atoms with Gasteiger partial charge in [-0.3, -0.25) is 9.69 Å². The average molecular weight is 233 g/mol. The average Bonchev–Trinajstić information content (AvgIpc) is 2.32. The number of carbonyl (C=O) groups excluding carboxylic acids is 1. The number of benzene rings is 1. The Hall–Kier alpha value is -1.35. The van der Waals surface area contributed by atoms with E-state index in [1.807, 2.05) is 6.07 Å². The number of methoxy groups -OCH3 is 1. The molecule has 0 amide bonds. The van der Waals surface area contributed by atoms with Gasteiger partial charge in [-0.2, -0.15) is 0 Å². The van der Waals surface area contributed by atoms with Gasteiger partial charge < -0.3 is 4.74 Å². The molecule has 1 atom stereocenters. The van der Waals surface area contributed by atoms with Crippen LogP contribution in [0, 0.1) is 0 Å². The number of hydrogen-bond acceptors (Lipinski definition) is 3. The number of fused-ring (bicyclic) bond motifs is 1. The van der Waals surface area contributed by atoms with Gasteiger partial charge in [0.15, 0.2) is 0 Å². The van der Waals surface area contributed by atoms with Crippen LogP contribution in [0.4, 0.5) is 0 Å². The molecule has 17 heavy (non-hydrogen) atoms. The lowest BCUT2D eigenvalue weighted by molar-refractivity contribution is -0.118. The zero-order valence-electron chi connectivity index (χ0n) is 10.7. The monoisotopic (exact) mass is 233 g/mol. The zero-order valence-corrected chi connectivity index (χ0v) is 10.7. The highest BCUT2D eigenvalue weighted by atomic mass is 16.5. The van der Waals surface area contributed by atoms with Gasteiger partial charge in [-0.25, -0.2) is 0 Å². The molecular formula is C14H19NO2. The lowest BCUT2D eigenvalue weighted by Crippen LogP contribution is -2.33. The van der Waals surface area contributed by atoms with Crippen LogP contribution in [0.15, 0.2) is 18.2 Å². The van der Waals surface area contributed by atoms with Crippen LogP contribution in [0.2, 0.25) is 0 Å². The zero-order chi connectivity index (χ0) is 12.4. The summed E-state index contributed by atoms with van der Waals surface area (Å²) in [7, 11) is 3.75. The predicted octanol–water partition coefficient (Wildman–Crippen LogP) is 2.20. The number of likely N-dealkylation sites (N-methyl/N-ethyl adjacent to an activating group) is 1. The van der Waals surface area contributed by atoms with Crippen molar-refractivity contribution in [3.8, 4) is 5.75 Å². The summed E-state index contributed by atoms with van der Waals surface area (Å²) in [4.78, 5) is 13.6. The first-order valence-electron chi connectivity index (χ1n) is 5.98. The van der Waals surface area contributed by atoms with Gasteiger partial charge in [0, 0.05) is 19.0 Å². The van der Waals surface area contributed by atoms with Crippen LogP contribution in [0.25, 0.3) is 0 Å². The minimum atomic E-state index is 0.200. The predicted molar refractivity (Wildman–Crippen MR) is 67.4 cm³/mol. The van der Waals surface area contributed by atoms with E-state index in [4.69, 9.17) is 4.74 Å². The van der Waals surface area contributed by atoms with E-state index in [0.717, 1.165) is 18.7 Å². The highest BCUT2D eigenvalue weighted by molar-refractivity contribution is 5.76. The maximum Gasteiger partial charge on any atom is 0.131 e. The number of ketones is 1. The second-order valence-corrected chi connectivity index (χ2v) is 4.72. The van der Waals surface area contributed by atoms with Crippen LogP contribution >= 0.6 is 0 Å². The van der Waals surface area contributed by atoms with Crippen LogP contribution in [0.5, 0.6) is 5.75 Å². The SMILES string of the molecule is COc1ccc2c(c1)C(CC(C)=O)N(C)CC2. The standard InChI is InChI=1S/C14H19NO2/c1-10(16)8-14-13-9-12(17-3)5-4-11(13)6-7-15(14)2/h4-5,9,14H,6-8H2,1-3H3. The lowest BCUT2D eigenvalue weighted by atomic mass is 9.90. The Morgan fingerprint density at radius 3 is 2.94 bits per heavy atom. The molecule has 3 nitrogen and oxygen atoms in total. The highest BCUT2D eigenvalue weighted by Crippen LogP contribution is 2.33. The Balaban J connectivity index is 2.37. The molecule has 0 spiro atoms. The first kappa shape index (κ1) is 12.1. The van der Waals surface area contributed by atoms with E-state index in [1.165, 1.54) is 11.1 Å². The number of nitrogens with zero attached hydrogens (tertiary/aromatic N) is 1. The van der Waals surface area contributed by atoms with E-state index in [9.17, 15) is 4.79 Å². The van der Waals surface area contributed by atoms with Gasteiger partial charge in [0.2, 0.25) is 0 Å². The third-order valence-corrected chi connectivity index (χ3v) is 3.46. The van der Waals surface area contributed by atoms with Crippen molar-refractivity contribution in [2.75, 3.05) is 20.7 Å². The Morgan fingerprint density at radius 1 is 1.53 bits per heavy atom. The number of carbonyl (C=O) groups is 1. The number of Topliss-reactive ketones (excluding diaryl/α,β-unsaturated/α-hetero) is 1. The Labute approximate surface area is 102 Å². The molecule has 0 radical (unpaired) electrons. The molecule has 2 rings (SSSR count). The van der Waals surface area contributed by atoms with E-state index >= 15 is 0 Å². The summed E-state index contributed by atoms with van der Waals surface area (Å²) in [5.41, 5.74) is 2.59. The minimum Gasteiger partial charge on any atom is -0.497 e. The van der Waals surface area contributed by atoms with Gasteiger partial charge in [-0.05, 0) is 43.7 Å². The van der Waals surface area contributed by atoms with Crippen molar-refractivity contribution in [1.29, 1.82) is 0 Å². The van der Waals surface area contributed by atoms with Gasteiger partial charge >= 0.3 is 0 Å². The molecule has 0 fully saturated rings. The molecule has 1 aromatic carbocycles. The molecule has 92 valence electrons. The quantitative estimate of drug-likeness (QED) is 0.801. The molecule has 0 aromatic heterocycles. The van der Waals surface area contributed by atoms with Crippen molar-refractivity contribution in [1.82, 2.24) is 4.90 Å². The van der Waals surface area contributed by atoms with Gasteiger partial charge in [-0.15, -0.1) is 0 Å².